The molecule has 1 amide bonds. The summed E-state index contributed by atoms with van der Waals surface area (Å²) in [6.07, 6.45) is -8.36. The van der Waals surface area contributed by atoms with Gasteiger partial charge < -0.3 is 14.7 Å². The fourth-order valence-corrected chi connectivity index (χ4v) is 4.34. The van der Waals surface area contributed by atoms with Crippen molar-refractivity contribution >= 4 is 11.7 Å². The van der Waals surface area contributed by atoms with Gasteiger partial charge in [-0.15, -0.1) is 0 Å². The van der Waals surface area contributed by atoms with Crippen LogP contribution >= 0.6 is 0 Å². The maximum atomic E-state index is 13.6. The molecule has 4 rings (SSSR count). The van der Waals surface area contributed by atoms with Gasteiger partial charge in [0, 0.05) is 51.5 Å². The van der Waals surface area contributed by atoms with Crippen LogP contribution < -0.4 is 4.90 Å². The molecular weight excluding hydrogens is 510 g/mol. The van der Waals surface area contributed by atoms with Gasteiger partial charge in [-0.3, -0.25) is 4.79 Å². The minimum Gasteiger partial charge on any atom is -0.354 e. The predicted molar refractivity (Wildman–Crippen MR) is 132 cm³/mol. The summed E-state index contributed by atoms with van der Waals surface area (Å²) in [4.78, 5) is 23.5. The molecule has 3 aromatic rings. The fraction of sp³-hybridized carbons (Fsp3) is 0.333. The van der Waals surface area contributed by atoms with E-state index in [0.29, 0.717) is 42.2 Å². The van der Waals surface area contributed by atoms with Crippen molar-refractivity contribution in [3.05, 3.63) is 83.0 Å². The number of likely N-dealkylation sites (N-methyl/N-ethyl adjacent to an activating group) is 1. The Morgan fingerprint density at radius 1 is 0.895 bits per heavy atom. The summed E-state index contributed by atoms with van der Waals surface area (Å²) in [6, 6.07) is 12.0. The summed E-state index contributed by atoms with van der Waals surface area (Å²) in [5.41, 5.74) is -1.65. The van der Waals surface area contributed by atoms with Crippen LogP contribution in [0.25, 0.3) is 11.1 Å². The Bertz CT molecular complexity index is 1250. The molecule has 11 heteroatoms. The Kier molecular flexibility index (Phi) is 7.68. The van der Waals surface area contributed by atoms with Gasteiger partial charge in [0.15, 0.2) is 0 Å². The molecule has 1 aromatic heterocycles. The van der Waals surface area contributed by atoms with Crippen molar-refractivity contribution in [3.63, 3.8) is 0 Å². The molecule has 1 fully saturated rings. The van der Waals surface area contributed by atoms with Crippen molar-refractivity contribution in [3.8, 4) is 11.1 Å². The molecule has 2 aromatic carbocycles. The summed E-state index contributed by atoms with van der Waals surface area (Å²) in [5, 5.41) is 0. The number of amides is 1. The molecule has 1 saturated heterocycles. The van der Waals surface area contributed by atoms with Gasteiger partial charge >= 0.3 is 12.4 Å². The lowest BCUT2D eigenvalue weighted by Gasteiger charge is -2.33. The number of halogens is 6. The number of piperazine rings is 1. The zero-order valence-corrected chi connectivity index (χ0v) is 20.8. The molecule has 0 radical (unpaired) electrons. The quantitative estimate of drug-likeness (QED) is 0.386. The van der Waals surface area contributed by atoms with Crippen LogP contribution in [0.15, 0.2) is 60.8 Å². The molecule has 2 heterocycles. The van der Waals surface area contributed by atoms with Gasteiger partial charge in [-0.25, -0.2) is 4.98 Å². The first-order chi connectivity index (χ1) is 17.8. The zero-order chi connectivity index (χ0) is 27.7. The van der Waals surface area contributed by atoms with Gasteiger partial charge in [-0.05, 0) is 42.4 Å². The van der Waals surface area contributed by atoms with E-state index in [1.54, 1.807) is 36.5 Å². The molecule has 202 valence electrons. The maximum Gasteiger partial charge on any atom is 0.416 e. The van der Waals surface area contributed by atoms with E-state index in [-0.39, 0.29) is 17.2 Å². The van der Waals surface area contributed by atoms with Crippen LogP contribution in [0.4, 0.5) is 32.2 Å². The van der Waals surface area contributed by atoms with E-state index in [1.165, 1.54) is 7.05 Å². The van der Waals surface area contributed by atoms with Gasteiger partial charge in [-0.1, -0.05) is 30.3 Å². The van der Waals surface area contributed by atoms with Crippen LogP contribution in [0.2, 0.25) is 0 Å². The highest BCUT2D eigenvalue weighted by molar-refractivity contribution is 6.01. The summed E-state index contributed by atoms with van der Waals surface area (Å²) in [7, 11) is 3.35. The van der Waals surface area contributed by atoms with Gasteiger partial charge in [0.25, 0.3) is 5.91 Å². The van der Waals surface area contributed by atoms with Crippen LogP contribution in [-0.2, 0) is 18.9 Å². The van der Waals surface area contributed by atoms with E-state index >= 15 is 0 Å². The molecule has 5 nitrogen and oxygen atoms in total. The van der Waals surface area contributed by atoms with Crippen LogP contribution in [0.3, 0.4) is 0 Å². The van der Waals surface area contributed by atoms with Crippen molar-refractivity contribution in [1.82, 2.24) is 14.8 Å². The molecule has 1 aliphatic heterocycles. The smallest absolute Gasteiger partial charge is 0.354 e. The summed E-state index contributed by atoms with van der Waals surface area (Å²) < 4.78 is 79.9. The second-order valence-electron chi connectivity index (χ2n) is 9.32. The number of hydrogen-bond donors (Lipinski definition) is 0. The average Bonchev–Trinajstić information content (AvgIpc) is 2.87. The first-order valence-corrected chi connectivity index (χ1v) is 11.9. The second-order valence-corrected chi connectivity index (χ2v) is 9.32. The van der Waals surface area contributed by atoms with Crippen LogP contribution in [0.1, 0.15) is 27.0 Å². The van der Waals surface area contributed by atoms with Crippen molar-refractivity contribution in [2.75, 3.05) is 45.2 Å². The molecule has 0 unspecified atom stereocenters. The van der Waals surface area contributed by atoms with E-state index in [9.17, 15) is 31.1 Å². The molecule has 0 N–H and O–H groups in total. The van der Waals surface area contributed by atoms with E-state index in [1.807, 2.05) is 18.0 Å². The highest BCUT2D eigenvalue weighted by Crippen LogP contribution is 2.37. The number of alkyl halides is 6. The lowest BCUT2D eigenvalue weighted by molar-refractivity contribution is -0.143. The summed E-state index contributed by atoms with van der Waals surface area (Å²) >= 11 is 0. The molecular formula is C27H26F6N4O. The van der Waals surface area contributed by atoms with Crippen LogP contribution in [-0.4, -0.2) is 61.0 Å². The van der Waals surface area contributed by atoms with Gasteiger partial charge in [-0.2, -0.15) is 26.3 Å². The third-order valence-electron chi connectivity index (χ3n) is 6.45. The second kappa shape index (κ2) is 10.6. The Balaban J connectivity index is 1.69. The zero-order valence-electron chi connectivity index (χ0n) is 20.8. The fourth-order valence-electron chi connectivity index (χ4n) is 4.34. The average molecular weight is 537 g/mol. The third-order valence-corrected chi connectivity index (χ3v) is 6.45. The molecule has 38 heavy (non-hydrogen) atoms. The monoisotopic (exact) mass is 536 g/mol. The van der Waals surface area contributed by atoms with Crippen LogP contribution in [0, 0.1) is 0 Å². The lowest BCUT2D eigenvalue weighted by atomic mass is 10.00. The third kappa shape index (κ3) is 6.27. The minimum absolute atomic E-state index is 0.0734. The van der Waals surface area contributed by atoms with E-state index in [0.717, 1.165) is 18.0 Å². The number of hydrogen-bond acceptors (Lipinski definition) is 4. The topological polar surface area (TPSA) is 39.7 Å². The molecule has 0 saturated carbocycles. The van der Waals surface area contributed by atoms with Gasteiger partial charge in [0.1, 0.15) is 5.82 Å². The number of carbonyl (C=O) groups excluding carboxylic acids is 1. The molecule has 0 atom stereocenters. The molecule has 1 aliphatic rings. The number of nitrogens with zero attached hydrogens (tertiary/aromatic N) is 4. The van der Waals surface area contributed by atoms with Gasteiger partial charge in [0.2, 0.25) is 0 Å². The lowest BCUT2D eigenvalue weighted by Crippen LogP contribution is -2.44. The normalized spacial score (nSPS) is 15.0. The number of pyridine rings is 1. The number of rotatable bonds is 5. The Morgan fingerprint density at radius 3 is 2.03 bits per heavy atom. The van der Waals surface area contributed by atoms with Crippen molar-refractivity contribution in [2.24, 2.45) is 0 Å². The van der Waals surface area contributed by atoms with E-state index in [2.05, 4.69) is 9.88 Å². The standard InChI is InChI=1S/C27H26F6N4O/c1-35-8-10-37(11-9-35)24-15-22(23(16-34-24)19-6-4-3-5-7-19)25(38)36(2)17-18-12-20(26(28,29)30)14-21(13-18)27(31,32)33/h3-7,12-16H,8-11,17H2,1-2H3. The number of anilines is 1. The van der Waals surface area contributed by atoms with Crippen molar-refractivity contribution in [1.29, 1.82) is 0 Å². The predicted octanol–water partition coefficient (Wildman–Crippen LogP) is 5.81. The largest absolute Gasteiger partial charge is 0.416 e. The summed E-state index contributed by atoms with van der Waals surface area (Å²) in [6.45, 7) is 2.56. The number of carbonyl (C=O) groups is 1. The van der Waals surface area contributed by atoms with Crippen molar-refractivity contribution in [2.45, 2.75) is 18.9 Å². The first kappa shape index (κ1) is 27.4. The molecule has 0 spiro atoms. The maximum absolute atomic E-state index is 13.6. The van der Waals surface area contributed by atoms with Gasteiger partial charge in [0.05, 0.1) is 16.7 Å². The van der Waals surface area contributed by atoms with Crippen LogP contribution in [0.5, 0.6) is 0 Å². The van der Waals surface area contributed by atoms with E-state index < -0.39 is 35.9 Å². The Morgan fingerprint density at radius 2 is 1.47 bits per heavy atom. The molecule has 0 bridgehead atoms. The summed E-state index contributed by atoms with van der Waals surface area (Å²) in [5.74, 6) is 0.0283. The minimum atomic E-state index is -4.97. The number of benzene rings is 2. The Hall–Kier alpha value is -3.60. The Labute approximate surface area is 216 Å². The SMILES string of the molecule is CN1CCN(c2cc(C(=O)N(C)Cc3cc(C(F)(F)F)cc(C(F)(F)F)c3)c(-c3ccccc3)cn2)CC1. The van der Waals surface area contributed by atoms with E-state index in [4.69, 9.17) is 0 Å². The van der Waals surface area contributed by atoms with Crippen molar-refractivity contribution < 1.29 is 31.1 Å². The number of aromatic nitrogens is 1. The molecule has 0 aliphatic carbocycles. The highest BCUT2D eigenvalue weighted by Gasteiger charge is 2.37. The highest BCUT2D eigenvalue weighted by atomic mass is 19.4. The first-order valence-electron chi connectivity index (χ1n) is 11.9.